The van der Waals surface area contributed by atoms with Crippen LogP contribution < -0.4 is 5.73 Å². The third-order valence-corrected chi connectivity index (χ3v) is 3.32. The van der Waals surface area contributed by atoms with Gasteiger partial charge in [0.15, 0.2) is 0 Å². The number of aryl methyl sites for hydroxylation is 1. The second-order valence-electron chi connectivity index (χ2n) is 4.94. The summed E-state index contributed by atoms with van der Waals surface area (Å²) in [5.41, 5.74) is 9.14. The van der Waals surface area contributed by atoms with Crippen LogP contribution in [0.4, 0.5) is 5.82 Å². The number of nitrogen functional groups attached to an aromatic ring is 1. The minimum atomic E-state index is 0.450. The predicted molar refractivity (Wildman–Crippen MR) is 85.6 cm³/mol. The number of aromatic nitrogens is 2. The summed E-state index contributed by atoms with van der Waals surface area (Å²) in [4.78, 5) is 4.69. The smallest absolute Gasteiger partial charge is 0.132 e. The van der Waals surface area contributed by atoms with E-state index in [-0.39, 0.29) is 0 Å². The Morgan fingerprint density at radius 1 is 1.43 bits per heavy atom. The van der Waals surface area contributed by atoms with Crippen molar-refractivity contribution in [1.29, 1.82) is 0 Å². The SMILES string of the molecule is C#CCn1c(CCC)nc(-c2cccc(COC)c2)c1N. The lowest BCUT2D eigenvalue weighted by Gasteiger charge is -2.05. The molecule has 1 heterocycles. The molecule has 0 radical (unpaired) electrons. The summed E-state index contributed by atoms with van der Waals surface area (Å²) in [5.74, 6) is 4.22. The fourth-order valence-corrected chi connectivity index (χ4v) is 2.38. The van der Waals surface area contributed by atoms with Gasteiger partial charge in [0.1, 0.15) is 17.3 Å². The van der Waals surface area contributed by atoms with E-state index in [9.17, 15) is 0 Å². The number of nitrogens with two attached hydrogens (primary N) is 1. The third-order valence-electron chi connectivity index (χ3n) is 3.32. The molecule has 0 atom stereocenters. The monoisotopic (exact) mass is 283 g/mol. The van der Waals surface area contributed by atoms with Crippen LogP contribution >= 0.6 is 0 Å². The molecule has 4 heteroatoms. The van der Waals surface area contributed by atoms with Crippen molar-refractivity contribution < 1.29 is 4.74 Å². The summed E-state index contributed by atoms with van der Waals surface area (Å²) < 4.78 is 7.09. The van der Waals surface area contributed by atoms with Gasteiger partial charge in [0.2, 0.25) is 0 Å². The lowest BCUT2D eigenvalue weighted by atomic mass is 10.1. The average Bonchev–Trinajstić information content (AvgIpc) is 2.78. The minimum Gasteiger partial charge on any atom is -0.383 e. The zero-order chi connectivity index (χ0) is 15.2. The van der Waals surface area contributed by atoms with Crippen LogP contribution in [0.1, 0.15) is 24.7 Å². The van der Waals surface area contributed by atoms with E-state index in [1.807, 2.05) is 22.8 Å². The quantitative estimate of drug-likeness (QED) is 0.829. The molecule has 2 N–H and O–H groups in total. The zero-order valence-corrected chi connectivity index (χ0v) is 12.6. The van der Waals surface area contributed by atoms with Crippen LogP contribution in [-0.2, 0) is 24.3 Å². The molecule has 0 aliphatic heterocycles. The molecule has 0 saturated heterocycles. The summed E-state index contributed by atoms with van der Waals surface area (Å²) >= 11 is 0. The molecule has 0 aliphatic rings. The Balaban J connectivity index is 2.46. The predicted octanol–water partition coefficient (Wildman–Crippen LogP) is 2.86. The highest BCUT2D eigenvalue weighted by atomic mass is 16.5. The Hall–Kier alpha value is -2.25. The van der Waals surface area contributed by atoms with Gasteiger partial charge in [-0.3, -0.25) is 0 Å². The van der Waals surface area contributed by atoms with Crippen molar-refractivity contribution in [3.8, 4) is 23.6 Å². The number of benzene rings is 1. The lowest BCUT2D eigenvalue weighted by Crippen LogP contribution is -2.06. The standard InChI is InChI=1S/C17H21N3O/c1-4-7-15-19-16(17(18)20(15)10-5-2)14-9-6-8-13(11-14)12-21-3/h2,6,8-9,11H,4,7,10,12,18H2,1,3H3. The van der Waals surface area contributed by atoms with Crippen molar-refractivity contribution in [3.05, 3.63) is 35.7 Å². The second-order valence-corrected chi connectivity index (χ2v) is 4.94. The molecule has 21 heavy (non-hydrogen) atoms. The van der Waals surface area contributed by atoms with E-state index in [0.717, 1.165) is 35.5 Å². The molecule has 0 unspecified atom stereocenters. The number of imidazole rings is 1. The van der Waals surface area contributed by atoms with Gasteiger partial charge in [-0.15, -0.1) is 6.42 Å². The van der Waals surface area contributed by atoms with Crippen molar-refractivity contribution in [2.45, 2.75) is 32.9 Å². The molecule has 0 amide bonds. The second kappa shape index (κ2) is 6.96. The van der Waals surface area contributed by atoms with Gasteiger partial charge < -0.3 is 15.0 Å². The van der Waals surface area contributed by atoms with Gasteiger partial charge in [-0.2, -0.15) is 0 Å². The van der Waals surface area contributed by atoms with Crippen LogP contribution in [0.5, 0.6) is 0 Å². The maximum atomic E-state index is 6.25. The van der Waals surface area contributed by atoms with Crippen molar-refractivity contribution in [1.82, 2.24) is 9.55 Å². The molecule has 0 bridgehead atoms. The van der Waals surface area contributed by atoms with Crippen molar-refractivity contribution in [2.24, 2.45) is 0 Å². The van der Waals surface area contributed by atoms with Gasteiger partial charge in [-0.05, 0) is 18.1 Å². The normalized spacial score (nSPS) is 10.5. The summed E-state index contributed by atoms with van der Waals surface area (Å²) in [6.07, 6.45) is 7.30. The van der Waals surface area contributed by atoms with E-state index in [0.29, 0.717) is 19.0 Å². The van der Waals surface area contributed by atoms with Crippen LogP contribution in [-0.4, -0.2) is 16.7 Å². The van der Waals surface area contributed by atoms with Crippen LogP contribution in [0.3, 0.4) is 0 Å². The molecule has 110 valence electrons. The van der Waals surface area contributed by atoms with Crippen LogP contribution in [0.15, 0.2) is 24.3 Å². The van der Waals surface area contributed by atoms with Crippen molar-refractivity contribution in [2.75, 3.05) is 12.8 Å². The molecular formula is C17H21N3O. The summed E-state index contributed by atoms with van der Waals surface area (Å²) in [6, 6.07) is 8.07. The maximum absolute atomic E-state index is 6.25. The molecule has 0 spiro atoms. The highest BCUT2D eigenvalue weighted by Gasteiger charge is 2.15. The van der Waals surface area contributed by atoms with E-state index in [1.54, 1.807) is 7.11 Å². The Kier molecular flexibility index (Phi) is 5.02. The zero-order valence-electron chi connectivity index (χ0n) is 12.6. The molecule has 2 aromatic rings. The number of hydrogen-bond acceptors (Lipinski definition) is 3. The van der Waals surface area contributed by atoms with Crippen LogP contribution in [0.2, 0.25) is 0 Å². The topological polar surface area (TPSA) is 53.1 Å². The molecular weight excluding hydrogens is 262 g/mol. The fraction of sp³-hybridized carbons (Fsp3) is 0.353. The summed E-state index contributed by atoms with van der Waals surface area (Å²) in [7, 11) is 1.68. The fourth-order valence-electron chi connectivity index (χ4n) is 2.38. The number of ether oxygens (including phenoxy) is 1. The maximum Gasteiger partial charge on any atom is 0.132 e. The van der Waals surface area contributed by atoms with Gasteiger partial charge in [0, 0.05) is 19.1 Å². The highest BCUT2D eigenvalue weighted by molar-refractivity contribution is 5.71. The first-order valence-electron chi connectivity index (χ1n) is 7.07. The van der Waals surface area contributed by atoms with Gasteiger partial charge >= 0.3 is 0 Å². The minimum absolute atomic E-state index is 0.450. The first-order chi connectivity index (χ1) is 10.2. The molecule has 4 nitrogen and oxygen atoms in total. The van der Waals surface area contributed by atoms with Crippen molar-refractivity contribution >= 4 is 5.82 Å². The van der Waals surface area contributed by atoms with E-state index >= 15 is 0 Å². The number of methoxy groups -OCH3 is 1. The molecule has 1 aromatic heterocycles. The Morgan fingerprint density at radius 2 is 2.24 bits per heavy atom. The van der Waals surface area contributed by atoms with E-state index in [1.165, 1.54) is 0 Å². The molecule has 1 aromatic carbocycles. The van der Waals surface area contributed by atoms with Gasteiger partial charge in [0.25, 0.3) is 0 Å². The Labute approximate surface area is 125 Å². The van der Waals surface area contributed by atoms with Crippen LogP contribution in [0.25, 0.3) is 11.3 Å². The van der Waals surface area contributed by atoms with Crippen LogP contribution in [0, 0.1) is 12.3 Å². The van der Waals surface area contributed by atoms with E-state index in [2.05, 4.69) is 18.9 Å². The number of terminal acetylenes is 1. The Morgan fingerprint density at radius 3 is 2.90 bits per heavy atom. The Bertz CT molecular complexity index is 653. The van der Waals surface area contributed by atoms with E-state index < -0.39 is 0 Å². The lowest BCUT2D eigenvalue weighted by molar-refractivity contribution is 0.185. The summed E-state index contributed by atoms with van der Waals surface area (Å²) in [5, 5.41) is 0. The van der Waals surface area contributed by atoms with Gasteiger partial charge in [0.05, 0.1) is 13.2 Å². The van der Waals surface area contributed by atoms with E-state index in [4.69, 9.17) is 21.9 Å². The third kappa shape index (κ3) is 3.26. The number of nitrogens with zero attached hydrogens (tertiary/aromatic N) is 2. The molecule has 0 saturated carbocycles. The molecule has 0 aliphatic carbocycles. The molecule has 0 fully saturated rings. The number of anilines is 1. The number of hydrogen-bond donors (Lipinski definition) is 1. The molecule has 2 rings (SSSR count). The summed E-state index contributed by atoms with van der Waals surface area (Å²) in [6.45, 7) is 3.14. The first-order valence-corrected chi connectivity index (χ1v) is 7.07. The van der Waals surface area contributed by atoms with Gasteiger partial charge in [-0.1, -0.05) is 31.0 Å². The first kappa shape index (κ1) is 15.1. The number of rotatable bonds is 6. The van der Waals surface area contributed by atoms with Crippen molar-refractivity contribution in [3.63, 3.8) is 0 Å². The largest absolute Gasteiger partial charge is 0.383 e. The average molecular weight is 283 g/mol. The van der Waals surface area contributed by atoms with Gasteiger partial charge in [-0.25, -0.2) is 4.98 Å². The highest BCUT2D eigenvalue weighted by Crippen LogP contribution is 2.27.